The van der Waals surface area contributed by atoms with E-state index in [1.54, 1.807) is 0 Å². The van der Waals surface area contributed by atoms with E-state index in [0.717, 1.165) is 6.07 Å². The number of aryl methyl sites for hydroxylation is 1. The van der Waals surface area contributed by atoms with Crippen molar-refractivity contribution >= 4 is 17.4 Å². The smallest absolute Gasteiger partial charge is 0.181 e. The second kappa shape index (κ2) is 3.96. The molecule has 0 fully saturated rings. The van der Waals surface area contributed by atoms with Gasteiger partial charge in [-0.3, -0.25) is 4.68 Å². The summed E-state index contributed by atoms with van der Waals surface area (Å²) in [4.78, 5) is 0. The molecule has 17 heavy (non-hydrogen) atoms. The minimum atomic E-state index is -1.44. The zero-order valence-corrected chi connectivity index (χ0v) is 9.39. The summed E-state index contributed by atoms with van der Waals surface area (Å²) in [6, 6.07) is 0.786. The van der Waals surface area contributed by atoms with E-state index in [0.29, 0.717) is 0 Å². The van der Waals surface area contributed by atoms with Gasteiger partial charge < -0.3 is 5.73 Å². The lowest BCUT2D eigenvalue weighted by Gasteiger charge is -2.05. The van der Waals surface area contributed by atoms with Crippen molar-refractivity contribution in [2.45, 2.75) is 0 Å². The Hall–Kier alpha value is -1.69. The molecule has 90 valence electrons. The maximum atomic E-state index is 13.6. The highest BCUT2D eigenvalue weighted by Gasteiger charge is 2.20. The summed E-state index contributed by atoms with van der Waals surface area (Å²) < 4.78 is 41.4. The lowest BCUT2D eigenvalue weighted by Crippen LogP contribution is -2.00. The van der Waals surface area contributed by atoms with E-state index in [4.69, 9.17) is 17.3 Å². The molecular weight excluding hydrogens is 255 g/mol. The molecule has 0 saturated heterocycles. The van der Waals surface area contributed by atoms with Crippen LogP contribution in [0.3, 0.4) is 0 Å². The van der Waals surface area contributed by atoms with Crippen molar-refractivity contribution in [3.63, 3.8) is 0 Å². The molecule has 0 saturated carbocycles. The monoisotopic (exact) mass is 261 g/mol. The number of nitrogen functional groups attached to an aromatic ring is 1. The predicted molar refractivity (Wildman–Crippen MR) is 57.9 cm³/mol. The third-order valence-corrected chi connectivity index (χ3v) is 2.72. The van der Waals surface area contributed by atoms with Gasteiger partial charge in [0.05, 0.1) is 6.20 Å². The van der Waals surface area contributed by atoms with Gasteiger partial charge in [-0.2, -0.15) is 5.10 Å². The Kier molecular flexibility index (Phi) is 2.74. The second-order valence-corrected chi connectivity index (χ2v) is 3.79. The van der Waals surface area contributed by atoms with Crippen LogP contribution in [0.2, 0.25) is 5.02 Å². The van der Waals surface area contributed by atoms with E-state index in [9.17, 15) is 13.2 Å². The molecule has 2 aromatic rings. The van der Waals surface area contributed by atoms with E-state index in [1.165, 1.54) is 17.9 Å². The quantitative estimate of drug-likeness (QED) is 0.634. The number of hydrogen-bond acceptors (Lipinski definition) is 2. The van der Waals surface area contributed by atoms with Crippen LogP contribution in [0.25, 0.3) is 11.1 Å². The summed E-state index contributed by atoms with van der Waals surface area (Å²) in [7, 11) is 1.53. The fraction of sp³-hybridized carbons (Fsp3) is 0.100. The zero-order valence-electron chi connectivity index (χ0n) is 8.64. The normalized spacial score (nSPS) is 10.9. The summed E-state index contributed by atoms with van der Waals surface area (Å²) in [6.07, 6.45) is 1.22. The van der Waals surface area contributed by atoms with Crippen LogP contribution in [0.15, 0.2) is 12.3 Å². The first-order valence-corrected chi connectivity index (χ1v) is 4.92. The van der Waals surface area contributed by atoms with Gasteiger partial charge in [-0.15, -0.1) is 0 Å². The van der Waals surface area contributed by atoms with Crippen LogP contribution in [0.5, 0.6) is 0 Å². The second-order valence-electron chi connectivity index (χ2n) is 3.41. The first-order chi connectivity index (χ1) is 7.93. The Labute approximate surface area is 99.6 Å². The Morgan fingerprint density at radius 3 is 2.41 bits per heavy atom. The van der Waals surface area contributed by atoms with Gasteiger partial charge in [0.2, 0.25) is 0 Å². The third kappa shape index (κ3) is 1.74. The molecule has 1 heterocycles. The Bertz CT molecular complexity index is 595. The van der Waals surface area contributed by atoms with Crippen molar-refractivity contribution in [1.29, 1.82) is 0 Å². The molecule has 2 N–H and O–H groups in total. The number of benzene rings is 1. The minimum absolute atomic E-state index is 0.102. The molecule has 0 atom stereocenters. The van der Waals surface area contributed by atoms with E-state index >= 15 is 0 Å². The maximum Gasteiger partial charge on any atom is 0.181 e. The molecule has 0 amide bonds. The predicted octanol–water partition coefficient (Wildman–Crippen LogP) is 2.74. The SMILES string of the molecule is Cn1ncc(-c2cc(F)c(Cl)c(F)c2F)c1N. The minimum Gasteiger partial charge on any atom is -0.383 e. The third-order valence-electron chi connectivity index (χ3n) is 2.38. The highest BCUT2D eigenvalue weighted by Crippen LogP contribution is 2.33. The first kappa shape index (κ1) is 11.8. The molecule has 0 bridgehead atoms. The lowest BCUT2D eigenvalue weighted by molar-refractivity contribution is 0.498. The molecule has 0 aliphatic rings. The largest absolute Gasteiger partial charge is 0.383 e. The van der Waals surface area contributed by atoms with E-state index in [1.807, 2.05) is 0 Å². The van der Waals surface area contributed by atoms with Gasteiger partial charge in [-0.1, -0.05) is 11.6 Å². The maximum absolute atomic E-state index is 13.6. The number of nitrogens with two attached hydrogens (primary N) is 1. The fourth-order valence-corrected chi connectivity index (χ4v) is 1.56. The van der Waals surface area contributed by atoms with Crippen LogP contribution in [-0.2, 0) is 7.05 Å². The van der Waals surface area contributed by atoms with Gasteiger partial charge in [0.1, 0.15) is 16.7 Å². The highest BCUT2D eigenvalue weighted by atomic mass is 35.5. The molecule has 1 aromatic carbocycles. The van der Waals surface area contributed by atoms with Gasteiger partial charge in [0.25, 0.3) is 0 Å². The van der Waals surface area contributed by atoms with Gasteiger partial charge in [0, 0.05) is 18.2 Å². The zero-order chi connectivity index (χ0) is 12.7. The molecule has 3 nitrogen and oxygen atoms in total. The van der Waals surface area contributed by atoms with Crippen LogP contribution in [-0.4, -0.2) is 9.78 Å². The molecule has 0 aliphatic heterocycles. The number of anilines is 1. The van der Waals surface area contributed by atoms with Gasteiger partial charge in [0.15, 0.2) is 11.6 Å². The Morgan fingerprint density at radius 2 is 1.88 bits per heavy atom. The average Bonchev–Trinajstić information content (AvgIpc) is 2.62. The van der Waals surface area contributed by atoms with Gasteiger partial charge in [-0.05, 0) is 6.07 Å². The van der Waals surface area contributed by atoms with Crippen LogP contribution < -0.4 is 5.73 Å². The number of rotatable bonds is 1. The molecule has 0 unspecified atom stereocenters. The van der Waals surface area contributed by atoms with E-state index < -0.39 is 22.5 Å². The highest BCUT2D eigenvalue weighted by molar-refractivity contribution is 6.31. The van der Waals surface area contributed by atoms with Crippen LogP contribution in [0.4, 0.5) is 19.0 Å². The first-order valence-electron chi connectivity index (χ1n) is 4.54. The van der Waals surface area contributed by atoms with Gasteiger partial charge >= 0.3 is 0 Å². The van der Waals surface area contributed by atoms with Crippen LogP contribution in [0.1, 0.15) is 0 Å². The molecule has 0 spiro atoms. The van der Waals surface area contributed by atoms with Gasteiger partial charge in [-0.25, -0.2) is 13.2 Å². The molecule has 0 aliphatic carbocycles. The average molecular weight is 262 g/mol. The van der Waals surface area contributed by atoms with Crippen LogP contribution in [0, 0.1) is 17.5 Å². The molecule has 2 rings (SSSR count). The summed E-state index contributed by atoms with van der Waals surface area (Å²) in [5.41, 5.74) is 5.40. The summed E-state index contributed by atoms with van der Waals surface area (Å²) in [5, 5.41) is 2.88. The van der Waals surface area contributed by atoms with Crippen molar-refractivity contribution in [3.8, 4) is 11.1 Å². The molecule has 0 radical (unpaired) electrons. The summed E-state index contributed by atoms with van der Waals surface area (Å²) in [6.45, 7) is 0. The Morgan fingerprint density at radius 1 is 1.24 bits per heavy atom. The van der Waals surface area contributed by atoms with Crippen molar-refractivity contribution in [2.75, 3.05) is 5.73 Å². The number of aromatic nitrogens is 2. The number of nitrogens with zero attached hydrogens (tertiary/aromatic N) is 2. The summed E-state index contributed by atoms with van der Waals surface area (Å²) >= 11 is 5.25. The van der Waals surface area contributed by atoms with Crippen molar-refractivity contribution < 1.29 is 13.2 Å². The fourth-order valence-electron chi connectivity index (χ4n) is 1.42. The van der Waals surface area contributed by atoms with E-state index in [2.05, 4.69) is 5.10 Å². The Balaban J connectivity index is 2.73. The van der Waals surface area contributed by atoms with Crippen molar-refractivity contribution in [1.82, 2.24) is 9.78 Å². The van der Waals surface area contributed by atoms with Crippen molar-refractivity contribution in [3.05, 3.63) is 34.7 Å². The van der Waals surface area contributed by atoms with E-state index in [-0.39, 0.29) is 16.9 Å². The standard InChI is InChI=1S/C10H7ClF3N3/c1-17-10(15)5(3-16-17)4-2-6(12)7(11)9(14)8(4)13/h2-3H,15H2,1H3. The number of hydrogen-bond donors (Lipinski definition) is 1. The lowest BCUT2D eigenvalue weighted by atomic mass is 10.1. The topological polar surface area (TPSA) is 43.8 Å². The van der Waals surface area contributed by atoms with Crippen molar-refractivity contribution in [2.24, 2.45) is 7.05 Å². The molecule has 1 aromatic heterocycles. The molecule has 7 heteroatoms. The molecular formula is C10H7ClF3N3. The van der Waals surface area contributed by atoms with Crippen LogP contribution >= 0.6 is 11.6 Å². The number of halogens is 4. The summed E-state index contributed by atoms with van der Waals surface area (Å²) in [5.74, 6) is -3.64.